The van der Waals surface area contributed by atoms with Gasteiger partial charge in [-0.2, -0.15) is 0 Å². The molecule has 0 spiro atoms. The maximum absolute atomic E-state index is 11.7. The Morgan fingerprint density at radius 2 is 1.93 bits per heavy atom. The second-order valence-corrected chi connectivity index (χ2v) is 7.79. The van der Waals surface area contributed by atoms with E-state index in [2.05, 4.69) is 29.0 Å². The third kappa shape index (κ3) is 3.68. The minimum Gasteiger partial charge on any atom is -0.465 e. The lowest BCUT2D eigenvalue weighted by atomic mass is 10.0. The summed E-state index contributed by atoms with van der Waals surface area (Å²) in [6.07, 6.45) is 1.78. The van der Waals surface area contributed by atoms with Gasteiger partial charge in [-0.3, -0.25) is 4.98 Å². The van der Waals surface area contributed by atoms with Gasteiger partial charge in [0.1, 0.15) is 17.6 Å². The van der Waals surface area contributed by atoms with Crippen molar-refractivity contribution in [1.29, 1.82) is 0 Å². The number of nitrogens with zero attached hydrogens (tertiary/aromatic N) is 2. The maximum Gasteiger partial charge on any atom is 0.337 e. The van der Waals surface area contributed by atoms with Gasteiger partial charge in [-0.05, 0) is 62.5 Å². The lowest BCUT2D eigenvalue weighted by Gasteiger charge is -2.29. The predicted molar refractivity (Wildman–Crippen MR) is 118 cm³/mol. The molecule has 0 bridgehead atoms. The zero-order valence-electron chi connectivity index (χ0n) is 17.0. The Morgan fingerprint density at radius 1 is 1.17 bits per heavy atom. The van der Waals surface area contributed by atoms with Crippen LogP contribution in [0.15, 0.2) is 65.2 Å². The summed E-state index contributed by atoms with van der Waals surface area (Å²) in [5, 5.41) is 4.10. The quantitative estimate of drug-likeness (QED) is 0.480. The van der Waals surface area contributed by atoms with Crippen molar-refractivity contribution in [2.24, 2.45) is 0 Å². The number of hydrogen-bond donors (Lipinski definition) is 1. The van der Waals surface area contributed by atoms with Gasteiger partial charge in [-0.1, -0.05) is 18.2 Å². The first-order valence-corrected chi connectivity index (χ1v) is 10.2. The van der Waals surface area contributed by atoms with Crippen LogP contribution in [0.25, 0.3) is 11.3 Å². The first-order chi connectivity index (χ1) is 14.5. The van der Waals surface area contributed by atoms with E-state index in [-0.39, 0.29) is 24.1 Å². The minimum atomic E-state index is -0.363. The molecule has 0 saturated carbocycles. The molecule has 154 valence electrons. The van der Waals surface area contributed by atoms with Crippen LogP contribution in [-0.2, 0) is 4.74 Å². The average Bonchev–Trinajstić information content (AvgIpc) is 3.38. The highest BCUT2D eigenvalue weighted by atomic mass is 32.1. The van der Waals surface area contributed by atoms with Crippen LogP contribution in [0.4, 0.5) is 0 Å². The fraction of sp³-hybridized carbons (Fsp3) is 0.261. The molecule has 2 aromatic heterocycles. The van der Waals surface area contributed by atoms with E-state index in [1.54, 1.807) is 18.3 Å². The van der Waals surface area contributed by atoms with Gasteiger partial charge in [0.05, 0.1) is 24.4 Å². The van der Waals surface area contributed by atoms with E-state index in [1.165, 1.54) is 7.11 Å². The third-order valence-electron chi connectivity index (χ3n) is 5.20. The van der Waals surface area contributed by atoms with E-state index in [0.29, 0.717) is 10.7 Å². The van der Waals surface area contributed by atoms with Crippen LogP contribution in [0.2, 0.25) is 0 Å². The number of furan rings is 1. The summed E-state index contributed by atoms with van der Waals surface area (Å²) in [5.74, 6) is 1.17. The van der Waals surface area contributed by atoms with Crippen LogP contribution in [0, 0.1) is 0 Å². The number of esters is 1. The molecule has 0 unspecified atom stereocenters. The molecule has 1 saturated heterocycles. The van der Waals surface area contributed by atoms with E-state index in [9.17, 15) is 4.79 Å². The number of hydrogen-bond acceptors (Lipinski definition) is 5. The van der Waals surface area contributed by atoms with E-state index >= 15 is 0 Å². The maximum atomic E-state index is 11.7. The third-order valence-corrected chi connectivity index (χ3v) is 5.53. The number of aromatic nitrogens is 1. The van der Waals surface area contributed by atoms with Crippen LogP contribution >= 0.6 is 12.2 Å². The van der Waals surface area contributed by atoms with Crippen molar-refractivity contribution >= 4 is 23.3 Å². The molecular formula is C23H23N3O3S. The van der Waals surface area contributed by atoms with Gasteiger partial charge in [0.15, 0.2) is 5.11 Å². The highest BCUT2D eigenvalue weighted by Gasteiger charge is 2.42. The number of nitrogens with one attached hydrogen (secondary N) is 1. The van der Waals surface area contributed by atoms with Crippen molar-refractivity contribution in [3.05, 3.63) is 77.8 Å². The van der Waals surface area contributed by atoms with Gasteiger partial charge in [0.2, 0.25) is 0 Å². The minimum absolute atomic E-state index is 0.109. The number of methoxy groups -OCH3 is 1. The molecule has 1 fully saturated rings. The van der Waals surface area contributed by atoms with Crippen LogP contribution in [-0.4, -0.2) is 34.1 Å². The molecule has 1 aromatic carbocycles. The predicted octanol–water partition coefficient (Wildman–Crippen LogP) is 4.51. The molecule has 3 aromatic rings. The number of carbonyl (C=O) groups excluding carboxylic acids is 1. The monoisotopic (exact) mass is 421 g/mol. The van der Waals surface area contributed by atoms with Crippen LogP contribution in [0.5, 0.6) is 0 Å². The average molecular weight is 422 g/mol. The highest BCUT2D eigenvalue weighted by molar-refractivity contribution is 7.80. The number of ether oxygens (including phenoxy) is 1. The topological polar surface area (TPSA) is 67.6 Å². The molecule has 1 aliphatic heterocycles. The zero-order chi connectivity index (χ0) is 21.3. The smallest absolute Gasteiger partial charge is 0.337 e. The summed E-state index contributed by atoms with van der Waals surface area (Å²) in [6.45, 7) is 4.22. The first kappa shape index (κ1) is 20.1. The molecule has 0 amide bonds. The standard InChI is InChI=1S/C23H23N3O3S/c1-14(2)26-21(20(25-23(26)30)17-6-4-5-13-24-17)19-12-11-18(29-19)15-7-9-16(10-8-15)22(27)28-3/h4-14,20-21H,1-3H3,(H,25,30)/t20-,21+/m1/s1. The lowest BCUT2D eigenvalue weighted by molar-refractivity contribution is 0.0600. The molecule has 30 heavy (non-hydrogen) atoms. The summed E-state index contributed by atoms with van der Waals surface area (Å²) in [5.41, 5.74) is 2.29. The summed E-state index contributed by atoms with van der Waals surface area (Å²) in [7, 11) is 1.37. The van der Waals surface area contributed by atoms with Crippen molar-refractivity contribution < 1.29 is 13.9 Å². The molecule has 1 N–H and O–H groups in total. The molecule has 6 nitrogen and oxygen atoms in total. The summed E-state index contributed by atoms with van der Waals surface area (Å²) >= 11 is 5.62. The molecule has 1 aliphatic rings. The molecular weight excluding hydrogens is 398 g/mol. The number of rotatable bonds is 5. The van der Waals surface area contributed by atoms with Crippen molar-refractivity contribution in [1.82, 2.24) is 15.2 Å². The largest absolute Gasteiger partial charge is 0.465 e. The molecule has 7 heteroatoms. The Kier molecular flexibility index (Phi) is 5.55. The number of pyridine rings is 1. The fourth-order valence-corrected chi connectivity index (χ4v) is 4.23. The Morgan fingerprint density at radius 3 is 2.57 bits per heavy atom. The van der Waals surface area contributed by atoms with Gasteiger partial charge in [-0.25, -0.2) is 4.79 Å². The summed E-state index contributed by atoms with van der Waals surface area (Å²) < 4.78 is 11.0. The molecule has 3 heterocycles. The van der Waals surface area contributed by atoms with E-state index in [1.807, 2.05) is 42.5 Å². The van der Waals surface area contributed by atoms with Crippen LogP contribution in [0.1, 0.15) is 47.7 Å². The first-order valence-electron chi connectivity index (χ1n) is 9.78. The number of carbonyl (C=O) groups is 1. The van der Waals surface area contributed by atoms with Crippen molar-refractivity contribution in [2.45, 2.75) is 32.0 Å². The molecule has 4 rings (SSSR count). The van der Waals surface area contributed by atoms with Crippen molar-refractivity contribution in [3.8, 4) is 11.3 Å². The van der Waals surface area contributed by atoms with E-state index in [4.69, 9.17) is 21.4 Å². The molecule has 0 radical (unpaired) electrons. The van der Waals surface area contributed by atoms with E-state index < -0.39 is 0 Å². The van der Waals surface area contributed by atoms with Crippen LogP contribution < -0.4 is 5.32 Å². The van der Waals surface area contributed by atoms with Crippen molar-refractivity contribution in [2.75, 3.05) is 7.11 Å². The molecule has 2 atom stereocenters. The van der Waals surface area contributed by atoms with Gasteiger partial charge in [0, 0.05) is 17.8 Å². The Hall–Kier alpha value is -3.19. The fourth-order valence-electron chi connectivity index (χ4n) is 3.78. The second-order valence-electron chi connectivity index (χ2n) is 7.40. The Bertz CT molecular complexity index is 1050. The summed E-state index contributed by atoms with van der Waals surface area (Å²) in [4.78, 5) is 18.3. The van der Waals surface area contributed by atoms with Crippen LogP contribution in [0.3, 0.4) is 0 Å². The van der Waals surface area contributed by atoms with Crippen molar-refractivity contribution in [3.63, 3.8) is 0 Å². The normalized spacial score (nSPS) is 18.5. The zero-order valence-corrected chi connectivity index (χ0v) is 17.8. The highest BCUT2D eigenvalue weighted by Crippen LogP contribution is 2.41. The lowest BCUT2D eigenvalue weighted by Crippen LogP contribution is -2.35. The number of thiocarbonyl (C=S) groups is 1. The SMILES string of the molecule is COC(=O)c1ccc(-c2ccc([C@H]3[C@@H](c4ccccn4)NC(=S)N3C(C)C)o2)cc1. The Labute approximate surface area is 180 Å². The van der Waals surface area contributed by atoms with Gasteiger partial charge in [-0.15, -0.1) is 0 Å². The van der Waals surface area contributed by atoms with Gasteiger partial charge in [0.25, 0.3) is 0 Å². The second kappa shape index (κ2) is 8.28. The number of benzene rings is 1. The van der Waals surface area contributed by atoms with Gasteiger partial charge >= 0.3 is 5.97 Å². The Balaban J connectivity index is 1.68. The molecule has 0 aliphatic carbocycles. The summed E-state index contributed by atoms with van der Waals surface area (Å²) in [6, 6.07) is 16.9. The van der Waals surface area contributed by atoms with Gasteiger partial charge < -0.3 is 19.4 Å². The van der Waals surface area contributed by atoms with E-state index in [0.717, 1.165) is 22.8 Å².